The molecule has 7 heteroatoms. The summed E-state index contributed by atoms with van der Waals surface area (Å²) in [4.78, 5) is 41.6. The van der Waals surface area contributed by atoms with Gasteiger partial charge in [-0.15, -0.1) is 0 Å². The summed E-state index contributed by atoms with van der Waals surface area (Å²) in [6.07, 6.45) is 1.49. The molecule has 0 radical (unpaired) electrons. The van der Waals surface area contributed by atoms with Crippen LogP contribution >= 0.6 is 0 Å². The van der Waals surface area contributed by atoms with Gasteiger partial charge in [0, 0.05) is 24.1 Å². The number of fused-ring (bicyclic) bond motifs is 2. The Balaban J connectivity index is 1.11. The molecule has 0 bridgehead atoms. The maximum absolute atomic E-state index is 13.2. The van der Waals surface area contributed by atoms with E-state index < -0.39 is 6.04 Å². The molecule has 1 aliphatic carbocycles. The van der Waals surface area contributed by atoms with Crippen molar-refractivity contribution in [1.82, 2.24) is 4.90 Å². The van der Waals surface area contributed by atoms with Gasteiger partial charge in [-0.25, -0.2) is 0 Å². The zero-order chi connectivity index (χ0) is 26.1. The number of amides is 1. The van der Waals surface area contributed by atoms with Gasteiger partial charge in [0.1, 0.15) is 30.5 Å². The molecule has 3 aromatic rings. The zero-order valence-corrected chi connectivity index (χ0v) is 21.2. The van der Waals surface area contributed by atoms with Crippen LogP contribution in [0.2, 0.25) is 0 Å². The Labute approximate surface area is 222 Å². The fourth-order valence-electron chi connectivity index (χ4n) is 5.61. The van der Waals surface area contributed by atoms with E-state index in [0.717, 1.165) is 35.7 Å². The summed E-state index contributed by atoms with van der Waals surface area (Å²) in [6.45, 7) is 3.03. The summed E-state index contributed by atoms with van der Waals surface area (Å²) in [7, 11) is 0. The molecule has 2 aliphatic heterocycles. The number of ketones is 2. The number of hydrogen-bond acceptors (Lipinski definition) is 6. The normalized spacial score (nSPS) is 19.1. The molecule has 0 spiro atoms. The van der Waals surface area contributed by atoms with E-state index in [9.17, 15) is 14.4 Å². The van der Waals surface area contributed by atoms with Crippen LogP contribution in [0.15, 0.2) is 66.7 Å². The van der Waals surface area contributed by atoms with Crippen molar-refractivity contribution in [2.45, 2.75) is 51.4 Å². The first-order chi connectivity index (χ1) is 18.6. The third-order valence-electron chi connectivity index (χ3n) is 7.62. The second-order valence-corrected chi connectivity index (χ2v) is 10.1. The van der Waals surface area contributed by atoms with Crippen LogP contribution < -0.4 is 14.4 Å². The Bertz CT molecular complexity index is 1380. The van der Waals surface area contributed by atoms with Gasteiger partial charge in [0.2, 0.25) is 0 Å². The number of carbonyl (C=O) groups excluding carboxylic acids is 3. The quantitative estimate of drug-likeness (QED) is 0.353. The van der Waals surface area contributed by atoms with E-state index in [1.807, 2.05) is 30.3 Å². The smallest absolute Gasteiger partial charge is 0.255 e. The highest BCUT2D eigenvalue weighted by atomic mass is 16.5. The van der Waals surface area contributed by atoms with Crippen molar-refractivity contribution in [2.75, 3.05) is 18.1 Å². The lowest BCUT2D eigenvalue weighted by Gasteiger charge is -2.31. The first-order valence-electron chi connectivity index (χ1n) is 13.2. The second kappa shape index (κ2) is 10.3. The lowest BCUT2D eigenvalue weighted by Crippen LogP contribution is -2.41. The molecule has 1 atom stereocenters. The number of para-hydroxylation sites is 2. The van der Waals surface area contributed by atoms with Gasteiger partial charge < -0.3 is 19.3 Å². The fourth-order valence-corrected chi connectivity index (χ4v) is 5.61. The molecule has 1 fully saturated rings. The molecule has 0 aromatic heterocycles. The number of nitrogens with zero attached hydrogens (tertiary/aromatic N) is 2. The minimum absolute atomic E-state index is 0.0357. The maximum atomic E-state index is 13.2. The van der Waals surface area contributed by atoms with Crippen LogP contribution in [0, 0.1) is 0 Å². The molecule has 0 N–H and O–H groups in total. The monoisotopic (exact) mass is 510 g/mol. The van der Waals surface area contributed by atoms with Crippen LogP contribution in [0.1, 0.15) is 52.7 Å². The molecular weight excluding hydrogens is 480 g/mol. The van der Waals surface area contributed by atoms with Crippen LogP contribution in [0.5, 0.6) is 11.5 Å². The summed E-state index contributed by atoms with van der Waals surface area (Å²) in [5.74, 6) is 1.23. The summed E-state index contributed by atoms with van der Waals surface area (Å²) < 4.78 is 11.9. The van der Waals surface area contributed by atoms with Crippen molar-refractivity contribution < 1.29 is 23.9 Å². The Kier molecular flexibility index (Phi) is 6.58. The topological polar surface area (TPSA) is 76.2 Å². The highest BCUT2D eigenvalue weighted by molar-refractivity contribution is 6.06. The van der Waals surface area contributed by atoms with Gasteiger partial charge in [0.25, 0.3) is 5.91 Å². The van der Waals surface area contributed by atoms with E-state index >= 15 is 0 Å². The van der Waals surface area contributed by atoms with Crippen molar-refractivity contribution in [1.29, 1.82) is 0 Å². The van der Waals surface area contributed by atoms with Crippen molar-refractivity contribution in [3.05, 3.63) is 89.0 Å². The standard InChI is InChI=1S/C31H30N2O5/c34-23-5-3-8-26(28(35)17-23)33-19-25-24(31(33)36)6-4-10-29(25)38-20-22-13-11-21(12-14-22)18-32-15-16-37-30-9-2-1-7-27(30)32/h1-2,4,6-7,9-14,26H,3,5,8,15-20H2/t26-/m0/s1. The lowest BCUT2D eigenvalue weighted by atomic mass is 10.1. The molecule has 6 rings (SSSR count). The Morgan fingerprint density at radius 1 is 0.921 bits per heavy atom. The molecule has 194 valence electrons. The van der Waals surface area contributed by atoms with E-state index in [2.05, 4.69) is 35.2 Å². The SMILES string of the molecule is O=C1CCC[C@H](N2Cc3c(OCc4ccc(CN5CCOc6ccccc65)cc4)cccc3C2=O)C(=O)C1. The lowest BCUT2D eigenvalue weighted by molar-refractivity contribution is -0.128. The van der Waals surface area contributed by atoms with Crippen LogP contribution in [0.25, 0.3) is 0 Å². The fraction of sp³-hybridized carbons (Fsp3) is 0.323. The van der Waals surface area contributed by atoms with Crippen molar-refractivity contribution in [3.8, 4) is 11.5 Å². The number of anilines is 1. The predicted molar refractivity (Wildman–Crippen MR) is 142 cm³/mol. The zero-order valence-electron chi connectivity index (χ0n) is 21.2. The molecule has 1 amide bonds. The number of benzene rings is 3. The average Bonchev–Trinajstić information content (AvgIpc) is 3.17. The predicted octanol–water partition coefficient (Wildman–Crippen LogP) is 4.70. The van der Waals surface area contributed by atoms with Gasteiger partial charge in [0.05, 0.1) is 31.2 Å². The van der Waals surface area contributed by atoms with Crippen LogP contribution in [-0.2, 0) is 29.3 Å². The molecule has 3 aliphatic rings. The Morgan fingerprint density at radius 2 is 1.74 bits per heavy atom. The highest BCUT2D eigenvalue weighted by Crippen LogP contribution is 2.35. The first kappa shape index (κ1) is 24.2. The highest BCUT2D eigenvalue weighted by Gasteiger charge is 2.38. The van der Waals surface area contributed by atoms with Gasteiger partial charge >= 0.3 is 0 Å². The molecule has 7 nitrogen and oxygen atoms in total. The minimum Gasteiger partial charge on any atom is -0.490 e. The molecular formula is C31H30N2O5. The summed E-state index contributed by atoms with van der Waals surface area (Å²) in [5.41, 5.74) is 4.74. The second-order valence-electron chi connectivity index (χ2n) is 10.1. The third kappa shape index (κ3) is 4.76. The van der Waals surface area contributed by atoms with Crippen LogP contribution in [-0.4, -0.2) is 41.6 Å². The maximum Gasteiger partial charge on any atom is 0.255 e. The van der Waals surface area contributed by atoms with E-state index in [0.29, 0.717) is 50.3 Å². The minimum atomic E-state index is -0.542. The van der Waals surface area contributed by atoms with Gasteiger partial charge in [-0.1, -0.05) is 42.5 Å². The average molecular weight is 511 g/mol. The van der Waals surface area contributed by atoms with E-state index in [1.54, 1.807) is 11.0 Å². The van der Waals surface area contributed by atoms with E-state index in [1.165, 1.54) is 5.56 Å². The van der Waals surface area contributed by atoms with E-state index in [4.69, 9.17) is 9.47 Å². The number of carbonyl (C=O) groups is 3. The molecule has 3 aromatic carbocycles. The van der Waals surface area contributed by atoms with Crippen LogP contribution in [0.4, 0.5) is 5.69 Å². The Hall–Kier alpha value is -4.13. The Morgan fingerprint density at radius 3 is 2.61 bits per heavy atom. The molecule has 38 heavy (non-hydrogen) atoms. The third-order valence-corrected chi connectivity index (χ3v) is 7.62. The van der Waals surface area contributed by atoms with E-state index in [-0.39, 0.29) is 23.9 Å². The molecule has 0 saturated heterocycles. The summed E-state index contributed by atoms with van der Waals surface area (Å²) in [6, 6.07) is 21.4. The largest absolute Gasteiger partial charge is 0.490 e. The van der Waals surface area contributed by atoms with Crippen LogP contribution in [0.3, 0.4) is 0 Å². The van der Waals surface area contributed by atoms with Crippen molar-refractivity contribution >= 4 is 23.2 Å². The molecule has 1 saturated carbocycles. The first-order valence-corrected chi connectivity index (χ1v) is 13.2. The van der Waals surface area contributed by atoms with Crippen molar-refractivity contribution in [3.63, 3.8) is 0 Å². The van der Waals surface area contributed by atoms with Gasteiger partial charge in [0.15, 0.2) is 5.78 Å². The number of hydrogen-bond donors (Lipinski definition) is 0. The summed E-state index contributed by atoms with van der Waals surface area (Å²) in [5, 5.41) is 0. The van der Waals surface area contributed by atoms with Gasteiger partial charge in [-0.05, 0) is 48.2 Å². The summed E-state index contributed by atoms with van der Waals surface area (Å²) >= 11 is 0. The number of Topliss-reactive ketones (excluding diaryl/α,β-unsaturated/α-hetero) is 2. The number of ether oxygens (including phenoxy) is 2. The van der Waals surface area contributed by atoms with Crippen molar-refractivity contribution in [2.24, 2.45) is 0 Å². The number of rotatable bonds is 6. The molecule has 0 unspecified atom stereocenters. The van der Waals surface area contributed by atoms with Gasteiger partial charge in [-0.2, -0.15) is 0 Å². The van der Waals surface area contributed by atoms with Gasteiger partial charge in [-0.3, -0.25) is 14.4 Å². The molecule has 2 heterocycles.